The van der Waals surface area contributed by atoms with E-state index in [-0.39, 0.29) is 0 Å². The van der Waals surface area contributed by atoms with Crippen LogP contribution in [0.5, 0.6) is 0 Å². The Balaban J connectivity index is 2.28. The Labute approximate surface area is 89.9 Å². The van der Waals surface area contributed by atoms with Crippen LogP contribution in [-0.4, -0.2) is 37.6 Å². The first-order valence-corrected chi connectivity index (χ1v) is 5.38. The molecule has 1 aliphatic rings. The van der Waals surface area contributed by atoms with E-state index in [9.17, 15) is 0 Å². The summed E-state index contributed by atoms with van der Waals surface area (Å²) in [7, 11) is 2.11. The summed E-state index contributed by atoms with van der Waals surface area (Å²) in [5.41, 5.74) is 0. The van der Waals surface area contributed by atoms with Crippen molar-refractivity contribution >= 4 is 23.2 Å². The molecule has 0 radical (unpaired) electrons. The second-order valence-corrected chi connectivity index (χ2v) is 4.42. The van der Waals surface area contributed by atoms with Crippen molar-refractivity contribution in [2.45, 2.75) is 18.9 Å². The van der Waals surface area contributed by atoms with Crippen molar-refractivity contribution in [1.82, 2.24) is 10.2 Å². The molecule has 2 nitrogen and oxygen atoms in total. The van der Waals surface area contributed by atoms with Gasteiger partial charge in [-0.25, -0.2) is 0 Å². The molecular formula is C9H16Cl2N2. The summed E-state index contributed by atoms with van der Waals surface area (Å²) in [5.74, 6) is 0. The van der Waals surface area contributed by atoms with Gasteiger partial charge in [-0.2, -0.15) is 0 Å². The minimum atomic E-state index is 0.362. The predicted octanol–water partition coefficient (Wildman–Crippen LogP) is 1.99. The number of halogens is 2. The van der Waals surface area contributed by atoms with E-state index in [1.165, 1.54) is 12.8 Å². The van der Waals surface area contributed by atoms with Crippen LogP contribution in [0.4, 0.5) is 0 Å². The van der Waals surface area contributed by atoms with Crippen molar-refractivity contribution in [3.05, 3.63) is 10.6 Å². The van der Waals surface area contributed by atoms with Crippen LogP contribution in [0, 0.1) is 0 Å². The number of hydrogen-bond acceptors (Lipinski definition) is 2. The van der Waals surface area contributed by atoms with Crippen LogP contribution in [0.1, 0.15) is 12.8 Å². The molecule has 0 atom stereocenters. The summed E-state index contributed by atoms with van der Waals surface area (Å²) in [4.78, 5) is 2.30. The molecule has 0 bridgehead atoms. The minimum absolute atomic E-state index is 0.362. The zero-order valence-electron chi connectivity index (χ0n) is 7.89. The monoisotopic (exact) mass is 222 g/mol. The number of piperidine rings is 1. The highest BCUT2D eigenvalue weighted by molar-refractivity contribution is 6.55. The molecule has 1 heterocycles. The fourth-order valence-electron chi connectivity index (χ4n) is 1.61. The Hall–Kier alpha value is 0.240. The zero-order valence-corrected chi connectivity index (χ0v) is 9.41. The van der Waals surface area contributed by atoms with Crippen molar-refractivity contribution in [3.8, 4) is 0 Å². The molecule has 1 N–H and O–H groups in total. The third kappa shape index (κ3) is 4.32. The summed E-state index contributed by atoms with van der Waals surface area (Å²) in [6.45, 7) is 3.08. The highest BCUT2D eigenvalue weighted by Gasteiger charge is 2.16. The van der Waals surface area contributed by atoms with Gasteiger partial charge in [-0.1, -0.05) is 23.2 Å². The first-order valence-electron chi connectivity index (χ1n) is 4.62. The van der Waals surface area contributed by atoms with Gasteiger partial charge < -0.3 is 5.32 Å². The maximum absolute atomic E-state index is 5.55. The van der Waals surface area contributed by atoms with Crippen molar-refractivity contribution in [2.24, 2.45) is 0 Å². The first kappa shape index (κ1) is 11.3. The molecule has 13 heavy (non-hydrogen) atoms. The van der Waals surface area contributed by atoms with Crippen LogP contribution >= 0.6 is 23.2 Å². The second-order valence-electron chi connectivity index (χ2n) is 3.41. The van der Waals surface area contributed by atoms with Gasteiger partial charge in [-0.05, 0) is 39.1 Å². The maximum atomic E-state index is 5.55. The van der Waals surface area contributed by atoms with Crippen molar-refractivity contribution in [3.63, 3.8) is 0 Å². The summed E-state index contributed by atoms with van der Waals surface area (Å²) in [6.07, 6.45) is 4.26. The molecule has 76 valence electrons. The molecule has 1 fully saturated rings. The molecule has 0 spiro atoms. The average Bonchev–Trinajstić information content (AvgIpc) is 2.15. The van der Waals surface area contributed by atoms with Crippen molar-refractivity contribution in [1.29, 1.82) is 0 Å². The third-order valence-electron chi connectivity index (χ3n) is 2.47. The highest BCUT2D eigenvalue weighted by atomic mass is 35.5. The Morgan fingerprint density at radius 1 is 1.46 bits per heavy atom. The fraction of sp³-hybridized carbons (Fsp3) is 0.778. The minimum Gasteiger partial charge on any atom is -0.317 e. The normalized spacial score (nSPS) is 19.1. The average molecular weight is 223 g/mol. The van der Waals surface area contributed by atoms with Crippen LogP contribution in [0.2, 0.25) is 0 Å². The van der Waals surface area contributed by atoms with Crippen LogP contribution in [0.25, 0.3) is 0 Å². The van der Waals surface area contributed by atoms with E-state index in [2.05, 4.69) is 17.3 Å². The fourth-order valence-corrected chi connectivity index (χ4v) is 1.75. The molecule has 0 amide bonds. The summed E-state index contributed by atoms with van der Waals surface area (Å²) in [6, 6.07) is 0.671. The number of rotatable bonds is 3. The molecular weight excluding hydrogens is 207 g/mol. The van der Waals surface area contributed by atoms with Gasteiger partial charge in [-0.3, -0.25) is 4.90 Å². The number of hydrogen-bond donors (Lipinski definition) is 1. The Morgan fingerprint density at radius 2 is 2.08 bits per heavy atom. The van der Waals surface area contributed by atoms with Gasteiger partial charge in [0.2, 0.25) is 0 Å². The molecule has 1 rings (SSSR count). The largest absolute Gasteiger partial charge is 0.317 e. The summed E-state index contributed by atoms with van der Waals surface area (Å²) in [5, 5.41) is 3.34. The quantitative estimate of drug-likeness (QED) is 0.787. The van der Waals surface area contributed by atoms with Crippen molar-refractivity contribution in [2.75, 3.05) is 26.7 Å². The third-order valence-corrected chi connectivity index (χ3v) is 2.77. The van der Waals surface area contributed by atoms with E-state index in [0.29, 0.717) is 10.5 Å². The van der Waals surface area contributed by atoms with Gasteiger partial charge in [0, 0.05) is 12.6 Å². The van der Waals surface area contributed by atoms with Gasteiger partial charge in [0.05, 0.1) is 0 Å². The van der Waals surface area contributed by atoms with E-state index in [4.69, 9.17) is 23.2 Å². The van der Waals surface area contributed by atoms with Gasteiger partial charge in [0.15, 0.2) is 0 Å². The SMILES string of the molecule is CN(CC=C(Cl)Cl)C1CCNCC1. The Morgan fingerprint density at radius 3 is 2.62 bits per heavy atom. The topological polar surface area (TPSA) is 15.3 Å². The molecule has 0 aromatic rings. The number of likely N-dealkylation sites (N-methyl/N-ethyl adjacent to an activating group) is 1. The predicted molar refractivity (Wildman–Crippen MR) is 58.3 cm³/mol. The maximum Gasteiger partial charge on any atom is 0.104 e. The van der Waals surface area contributed by atoms with E-state index in [1.54, 1.807) is 0 Å². The smallest absolute Gasteiger partial charge is 0.104 e. The van der Waals surface area contributed by atoms with Gasteiger partial charge in [0.25, 0.3) is 0 Å². The summed E-state index contributed by atoms with van der Waals surface area (Å²) >= 11 is 11.1. The molecule has 0 aliphatic carbocycles. The van der Waals surface area contributed by atoms with E-state index in [0.717, 1.165) is 19.6 Å². The molecule has 0 unspecified atom stereocenters. The molecule has 1 saturated heterocycles. The van der Waals surface area contributed by atoms with Crippen LogP contribution in [0.3, 0.4) is 0 Å². The van der Waals surface area contributed by atoms with Gasteiger partial charge in [-0.15, -0.1) is 0 Å². The molecule has 1 aliphatic heterocycles. The van der Waals surface area contributed by atoms with Gasteiger partial charge >= 0.3 is 0 Å². The first-order chi connectivity index (χ1) is 6.20. The van der Waals surface area contributed by atoms with Gasteiger partial charge in [0.1, 0.15) is 4.49 Å². The molecule has 0 aromatic heterocycles. The second kappa shape index (κ2) is 5.86. The lowest BCUT2D eigenvalue weighted by Crippen LogP contribution is -2.41. The van der Waals surface area contributed by atoms with E-state index >= 15 is 0 Å². The van der Waals surface area contributed by atoms with E-state index < -0.39 is 0 Å². The summed E-state index contributed by atoms with van der Waals surface area (Å²) < 4.78 is 0.362. The Bertz CT molecular complexity index is 172. The molecule has 4 heteroatoms. The standard InChI is InChI=1S/C9H16Cl2N2/c1-13(7-4-9(10)11)8-2-5-12-6-3-8/h4,8,12H,2-3,5-7H2,1H3. The number of nitrogens with one attached hydrogen (secondary N) is 1. The molecule has 0 saturated carbocycles. The molecule has 0 aromatic carbocycles. The van der Waals surface area contributed by atoms with E-state index in [1.807, 2.05) is 6.08 Å². The highest BCUT2D eigenvalue weighted by Crippen LogP contribution is 2.11. The number of nitrogens with zero attached hydrogens (tertiary/aromatic N) is 1. The van der Waals surface area contributed by atoms with Crippen molar-refractivity contribution < 1.29 is 0 Å². The lowest BCUT2D eigenvalue weighted by atomic mass is 10.1. The zero-order chi connectivity index (χ0) is 9.68. The van der Waals surface area contributed by atoms with Crippen LogP contribution in [0.15, 0.2) is 10.6 Å². The van der Waals surface area contributed by atoms with Crippen LogP contribution < -0.4 is 5.32 Å². The Kier molecular flexibility index (Phi) is 5.10. The lowest BCUT2D eigenvalue weighted by Gasteiger charge is -2.30. The lowest BCUT2D eigenvalue weighted by molar-refractivity contribution is 0.217. The van der Waals surface area contributed by atoms with Crippen LogP contribution in [-0.2, 0) is 0 Å².